The fraction of sp³-hybridized carbons (Fsp3) is 0.667. The zero-order valence-corrected chi connectivity index (χ0v) is 9.61. The molecule has 3 rings (SSSR count). The van der Waals surface area contributed by atoms with Crippen molar-refractivity contribution in [2.45, 2.75) is 31.7 Å². The summed E-state index contributed by atoms with van der Waals surface area (Å²) in [5.41, 5.74) is 0. The van der Waals surface area contributed by atoms with E-state index in [1.54, 1.807) is 6.33 Å². The molecule has 2 saturated carbocycles. The van der Waals surface area contributed by atoms with Crippen molar-refractivity contribution in [3.05, 3.63) is 12.4 Å². The van der Waals surface area contributed by atoms with Gasteiger partial charge < -0.3 is 10.6 Å². The smallest absolute Gasteiger partial charge is 0.131 e. The van der Waals surface area contributed by atoms with E-state index in [0.717, 1.165) is 23.5 Å². The topological polar surface area (TPSA) is 49.8 Å². The summed E-state index contributed by atoms with van der Waals surface area (Å²) in [5.74, 6) is 3.67. The lowest BCUT2D eigenvalue weighted by atomic mass is 9.95. The van der Waals surface area contributed by atoms with Crippen LogP contribution < -0.4 is 10.6 Å². The third-order valence-electron chi connectivity index (χ3n) is 3.99. The van der Waals surface area contributed by atoms with Crippen LogP contribution in [0.1, 0.15) is 25.7 Å². The van der Waals surface area contributed by atoms with Crippen molar-refractivity contribution in [1.82, 2.24) is 9.97 Å². The Hall–Kier alpha value is -1.32. The van der Waals surface area contributed by atoms with Crippen LogP contribution in [-0.4, -0.2) is 23.1 Å². The summed E-state index contributed by atoms with van der Waals surface area (Å²) in [7, 11) is 1.88. The van der Waals surface area contributed by atoms with Crippen LogP contribution in [0.15, 0.2) is 12.4 Å². The Balaban J connectivity index is 1.69. The highest BCUT2D eigenvalue weighted by Crippen LogP contribution is 2.45. The van der Waals surface area contributed by atoms with Gasteiger partial charge >= 0.3 is 0 Å². The second-order valence-corrected chi connectivity index (χ2v) is 4.96. The molecule has 0 saturated heterocycles. The standard InChI is InChI=1S/C12H18N4/c1-13-11-6-12(15-7-14-11)16-10-5-8-2-3-9(10)4-8/h6-10H,2-5H2,1H3,(H2,13,14,15,16). The molecule has 3 atom stereocenters. The van der Waals surface area contributed by atoms with Gasteiger partial charge in [-0.2, -0.15) is 0 Å². The monoisotopic (exact) mass is 218 g/mol. The van der Waals surface area contributed by atoms with Gasteiger partial charge in [0.25, 0.3) is 0 Å². The van der Waals surface area contributed by atoms with E-state index in [9.17, 15) is 0 Å². The molecule has 1 aromatic rings. The lowest BCUT2D eigenvalue weighted by molar-refractivity contribution is 0.439. The molecule has 0 aromatic carbocycles. The summed E-state index contributed by atoms with van der Waals surface area (Å²) in [5, 5.41) is 6.59. The molecule has 1 heterocycles. The van der Waals surface area contributed by atoms with Crippen LogP contribution >= 0.6 is 0 Å². The van der Waals surface area contributed by atoms with Gasteiger partial charge in [0, 0.05) is 19.2 Å². The molecule has 2 bridgehead atoms. The van der Waals surface area contributed by atoms with E-state index in [2.05, 4.69) is 20.6 Å². The van der Waals surface area contributed by atoms with Crippen molar-refractivity contribution in [2.75, 3.05) is 17.7 Å². The fourth-order valence-corrected chi connectivity index (χ4v) is 3.18. The van der Waals surface area contributed by atoms with E-state index in [4.69, 9.17) is 0 Å². The molecule has 1 aromatic heterocycles. The molecular weight excluding hydrogens is 200 g/mol. The molecular formula is C12H18N4. The van der Waals surface area contributed by atoms with Crippen molar-refractivity contribution in [1.29, 1.82) is 0 Å². The summed E-state index contributed by atoms with van der Waals surface area (Å²) in [4.78, 5) is 8.39. The summed E-state index contributed by atoms with van der Waals surface area (Å²) in [6.45, 7) is 0. The first kappa shape index (κ1) is 9.87. The van der Waals surface area contributed by atoms with Crippen molar-refractivity contribution < 1.29 is 0 Å². The highest BCUT2D eigenvalue weighted by Gasteiger charge is 2.39. The Labute approximate surface area is 95.9 Å². The zero-order chi connectivity index (χ0) is 11.0. The molecule has 0 amide bonds. The number of anilines is 2. The van der Waals surface area contributed by atoms with E-state index in [1.165, 1.54) is 25.7 Å². The molecule has 16 heavy (non-hydrogen) atoms. The van der Waals surface area contributed by atoms with Gasteiger partial charge in [0.15, 0.2) is 0 Å². The number of fused-ring (bicyclic) bond motifs is 2. The van der Waals surface area contributed by atoms with Gasteiger partial charge in [-0.3, -0.25) is 0 Å². The van der Waals surface area contributed by atoms with Crippen molar-refractivity contribution >= 4 is 11.6 Å². The van der Waals surface area contributed by atoms with Crippen LogP contribution in [0.2, 0.25) is 0 Å². The van der Waals surface area contributed by atoms with E-state index >= 15 is 0 Å². The first-order valence-corrected chi connectivity index (χ1v) is 6.11. The van der Waals surface area contributed by atoms with Gasteiger partial charge in [-0.15, -0.1) is 0 Å². The minimum absolute atomic E-state index is 0.637. The molecule has 2 aliphatic carbocycles. The summed E-state index contributed by atoms with van der Waals surface area (Å²) in [6.07, 6.45) is 7.19. The fourth-order valence-electron chi connectivity index (χ4n) is 3.18. The molecule has 0 spiro atoms. The molecule has 0 aliphatic heterocycles. The van der Waals surface area contributed by atoms with Gasteiger partial charge in [0.1, 0.15) is 18.0 Å². The minimum atomic E-state index is 0.637. The van der Waals surface area contributed by atoms with Crippen molar-refractivity contribution in [3.8, 4) is 0 Å². The van der Waals surface area contributed by atoms with Gasteiger partial charge in [0.05, 0.1) is 0 Å². The number of nitrogens with one attached hydrogen (secondary N) is 2. The van der Waals surface area contributed by atoms with Gasteiger partial charge in [-0.1, -0.05) is 6.42 Å². The highest BCUT2D eigenvalue weighted by atomic mass is 15.1. The molecule has 3 unspecified atom stereocenters. The number of hydrogen-bond acceptors (Lipinski definition) is 4. The molecule has 0 radical (unpaired) electrons. The molecule has 2 fully saturated rings. The van der Waals surface area contributed by atoms with Crippen molar-refractivity contribution in [2.24, 2.45) is 11.8 Å². The number of aromatic nitrogens is 2. The van der Waals surface area contributed by atoms with E-state index < -0.39 is 0 Å². The quantitative estimate of drug-likeness (QED) is 0.816. The summed E-state index contributed by atoms with van der Waals surface area (Å²) >= 11 is 0. The molecule has 2 N–H and O–H groups in total. The van der Waals surface area contributed by atoms with Crippen LogP contribution in [0.4, 0.5) is 11.6 Å². The molecule has 4 heteroatoms. The van der Waals surface area contributed by atoms with E-state index in [1.807, 2.05) is 13.1 Å². The van der Waals surface area contributed by atoms with Crippen molar-refractivity contribution in [3.63, 3.8) is 0 Å². The van der Waals surface area contributed by atoms with Crippen LogP contribution in [0.3, 0.4) is 0 Å². The number of rotatable bonds is 3. The Morgan fingerprint density at radius 1 is 1.19 bits per heavy atom. The largest absolute Gasteiger partial charge is 0.373 e. The minimum Gasteiger partial charge on any atom is -0.373 e. The number of nitrogens with zero attached hydrogens (tertiary/aromatic N) is 2. The van der Waals surface area contributed by atoms with Crippen LogP contribution in [0.5, 0.6) is 0 Å². The molecule has 4 nitrogen and oxygen atoms in total. The maximum atomic E-state index is 4.27. The second kappa shape index (κ2) is 3.92. The van der Waals surface area contributed by atoms with Crippen LogP contribution in [-0.2, 0) is 0 Å². The zero-order valence-electron chi connectivity index (χ0n) is 9.61. The lowest BCUT2D eigenvalue weighted by Crippen LogP contribution is -2.26. The molecule has 2 aliphatic rings. The average molecular weight is 218 g/mol. The van der Waals surface area contributed by atoms with Crippen LogP contribution in [0.25, 0.3) is 0 Å². The highest BCUT2D eigenvalue weighted by molar-refractivity contribution is 5.46. The van der Waals surface area contributed by atoms with Gasteiger partial charge in [-0.25, -0.2) is 9.97 Å². The Bertz CT molecular complexity index is 379. The van der Waals surface area contributed by atoms with E-state index in [-0.39, 0.29) is 0 Å². The first-order chi connectivity index (χ1) is 7.85. The third kappa shape index (κ3) is 1.72. The summed E-state index contributed by atoms with van der Waals surface area (Å²) in [6, 6.07) is 2.62. The number of hydrogen-bond donors (Lipinski definition) is 2. The predicted octanol–water partition coefficient (Wildman–Crippen LogP) is 2.12. The van der Waals surface area contributed by atoms with Gasteiger partial charge in [-0.05, 0) is 31.1 Å². The first-order valence-electron chi connectivity index (χ1n) is 6.11. The molecule has 86 valence electrons. The predicted molar refractivity (Wildman–Crippen MR) is 64.4 cm³/mol. The van der Waals surface area contributed by atoms with E-state index in [0.29, 0.717) is 6.04 Å². The van der Waals surface area contributed by atoms with Crippen LogP contribution in [0, 0.1) is 11.8 Å². The lowest BCUT2D eigenvalue weighted by Gasteiger charge is -2.23. The SMILES string of the molecule is CNc1cc(NC2CC3CCC2C3)ncn1. The van der Waals surface area contributed by atoms with Gasteiger partial charge in [0.2, 0.25) is 0 Å². The summed E-state index contributed by atoms with van der Waals surface area (Å²) < 4.78 is 0. The second-order valence-electron chi connectivity index (χ2n) is 4.96. The Kier molecular flexibility index (Phi) is 2.42. The average Bonchev–Trinajstić information content (AvgIpc) is 2.91. The maximum absolute atomic E-state index is 4.27. The maximum Gasteiger partial charge on any atom is 0.131 e. The Morgan fingerprint density at radius 2 is 2.06 bits per heavy atom. The Morgan fingerprint density at radius 3 is 2.75 bits per heavy atom. The third-order valence-corrected chi connectivity index (χ3v) is 3.99. The normalized spacial score (nSPS) is 31.7.